The number of hydrogen-bond donors (Lipinski definition) is 2. The van der Waals surface area contributed by atoms with E-state index < -0.39 is 0 Å². The van der Waals surface area contributed by atoms with Crippen LogP contribution in [-0.2, 0) is 14.3 Å². The van der Waals surface area contributed by atoms with Crippen molar-refractivity contribution in [2.24, 2.45) is 23.7 Å². The maximum Gasteiger partial charge on any atom is 0.225 e. The molecule has 7 unspecified atom stereocenters. The first-order chi connectivity index (χ1) is 14.8. The standard InChI is InChI=1S/C24H40ClN3O3/c1-5-8-28(19-6-9-31-10-7-19)22-13-18(25)12-20(17(22)4)23(29)26-14-21-15(2)11-16(3)27-24(21)30/h5,15-22H,1,6-14H2,2-4H3,(H,26,29)(H,27,30). The molecular weight excluding hydrogens is 414 g/mol. The molecule has 0 aromatic rings. The SMILES string of the molecule is C=CCN(C1CCOCC1)C1CC(Cl)CC(C(=O)NCC2C(=O)NC(C)CC2C)C1C. The summed E-state index contributed by atoms with van der Waals surface area (Å²) in [6.07, 6.45) is 6.49. The van der Waals surface area contributed by atoms with Gasteiger partial charge in [-0.1, -0.05) is 19.9 Å². The summed E-state index contributed by atoms with van der Waals surface area (Å²) in [6.45, 7) is 13.0. The number of rotatable bonds is 7. The summed E-state index contributed by atoms with van der Waals surface area (Å²) in [4.78, 5) is 28.1. The Hall–Kier alpha value is -1.11. The van der Waals surface area contributed by atoms with Crippen LogP contribution < -0.4 is 10.6 Å². The van der Waals surface area contributed by atoms with Crippen molar-refractivity contribution in [1.82, 2.24) is 15.5 Å². The first-order valence-electron chi connectivity index (χ1n) is 12.0. The third-order valence-corrected chi connectivity index (χ3v) is 8.00. The Morgan fingerprint density at radius 1 is 1.26 bits per heavy atom. The normalized spacial score (nSPS) is 37.3. The van der Waals surface area contributed by atoms with Crippen LogP contribution in [0.4, 0.5) is 0 Å². The number of piperidine rings is 1. The Balaban J connectivity index is 1.65. The zero-order chi connectivity index (χ0) is 22.5. The van der Waals surface area contributed by atoms with E-state index in [2.05, 4.69) is 36.0 Å². The summed E-state index contributed by atoms with van der Waals surface area (Å²) in [7, 11) is 0. The van der Waals surface area contributed by atoms with Gasteiger partial charge in [0.1, 0.15) is 0 Å². The third-order valence-electron chi connectivity index (χ3n) is 7.64. The van der Waals surface area contributed by atoms with Crippen LogP contribution in [0.5, 0.6) is 0 Å². The minimum absolute atomic E-state index is 0.0261. The molecule has 0 radical (unpaired) electrons. The lowest BCUT2D eigenvalue weighted by Gasteiger charge is -2.47. The van der Waals surface area contributed by atoms with Crippen molar-refractivity contribution in [3.8, 4) is 0 Å². The average Bonchev–Trinajstić information content (AvgIpc) is 2.73. The van der Waals surface area contributed by atoms with E-state index >= 15 is 0 Å². The molecule has 0 bridgehead atoms. The molecule has 0 spiro atoms. The summed E-state index contributed by atoms with van der Waals surface area (Å²) in [5.41, 5.74) is 0. The first-order valence-corrected chi connectivity index (χ1v) is 12.4. The number of amides is 2. The van der Waals surface area contributed by atoms with Gasteiger partial charge in [-0.3, -0.25) is 14.5 Å². The molecule has 176 valence electrons. The lowest BCUT2D eigenvalue weighted by molar-refractivity contribution is -0.132. The van der Waals surface area contributed by atoms with Crippen LogP contribution in [0.3, 0.4) is 0 Å². The second-order valence-electron chi connectivity index (χ2n) is 9.90. The Morgan fingerprint density at radius 2 is 1.97 bits per heavy atom. The summed E-state index contributed by atoms with van der Waals surface area (Å²) < 4.78 is 5.56. The lowest BCUT2D eigenvalue weighted by atomic mass is 9.74. The fraction of sp³-hybridized carbons (Fsp3) is 0.833. The van der Waals surface area contributed by atoms with Gasteiger partial charge in [0.05, 0.1) is 5.92 Å². The molecule has 7 heteroatoms. The largest absolute Gasteiger partial charge is 0.381 e. The first kappa shape index (κ1) is 24.5. The molecule has 3 aliphatic rings. The van der Waals surface area contributed by atoms with Gasteiger partial charge in [0, 0.05) is 55.7 Å². The Bertz CT molecular complexity index is 640. The van der Waals surface area contributed by atoms with Crippen molar-refractivity contribution in [3.63, 3.8) is 0 Å². The number of carbonyl (C=O) groups excluding carboxylic acids is 2. The van der Waals surface area contributed by atoms with Crippen LogP contribution >= 0.6 is 11.6 Å². The quantitative estimate of drug-likeness (QED) is 0.459. The van der Waals surface area contributed by atoms with Crippen LogP contribution in [0.1, 0.15) is 52.9 Å². The van der Waals surface area contributed by atoms with E-state index in [1.165, 1.54) is 0 Å². The molecule has 3 rings (SSSR count). The predicted octanol–water partition coefficient (Wildman–Crippen LogP) is 2.95. The van der Waals surface area contributed by atoms with Crippen LogP contribution in [0.2, 0.25) is 0 Å². The highest BCUT2D eigenvalue weighted by atomic mass is 35.5. The van der Waals surface area contributed by atoms with Gasteiger partial charge in [-0.25, -0.2) is 0 Å². The smallest absolute Gasteiger partial charge is 0.225 e. The van der Waals surface area contributed by atoms with E-state index in [0.29, 0.717) is 19.0 Å². The van der Waals surface area contributed by atoms with Gasteiger partial charge in [0.2, 0.25) is 11.8 Å². The van der Waals surface area contributed by atoms with Crippen LogP contribution in [0.25, 0.3) is 0 Å². The number of alkyl halides is 1. The Kier molecular flexibility index (Phi) is 8.82. The van der Waals surface area contributed by atoms with E-state index in [1.807, 2.05) is 13.0 Å². The summed E-state index contributed by atoms with van der Waals surface area (Å²) in [6, 6.07) is 0.885. The van der Waals surface area contributed by atoms with Gasteiger partial charge in [-0.15, -0.1) is 18.2 Å². The fourth-order valence-electron chi connectivity index (χ4n) is 5.86. The minimum atomic E-state index is -0.166. The number of nitrogens with zero attached hydrogens (tertiary/aromatic N) is 1. The molecule has 2 saturated heterocycles. The van der Waals surface area contributed by atoms with Crippen LogP contribution in [-0.4, -0.2) is 66.5 Å². The van der Waals surface area contributed by atoms with Crippen molar-refractivity contribution >= 4 is 23.4 Å². The van der Waals surface area contributed by atoms with Crippen molar-refractivity contribution in [1.29, 1.82) is 0 Å². The van der Waals surface area contributed by atoms with Gasteiger partial charge in [-0.05, 0) is 50.9 Å². The zero-order valence-electron chi connectivity index (χ0n) is 19.3. The maximum absolute atomic E-state index is 13.2. The van der Waals surface area contributed by atoms with Crippen LogP contribution in [0, 0.1) is 23.7 Å². The van der Waals surface area contributed by atoms with Crippen molar-refractivity contribution in [3.05, 3.63) is 12.7 Å². The van der Waals surface area contributed by atoms with Crippen molar-refractivity contribution in [2.45, 2.75) is 76.4 Å². The van der Waals surface area contributed by atoms with E-state index in [1.54, 1.807) is 0 Å². The van der Waals surface area contributed by atoms with Crippen molar-refractivity contribution < 1.29 is 14.3 Å². The second kappa shape index (κ2) is 11.2. The van der Waals surface area contributed by atoms with Crippen LogP contribution in [0.15, 0.2) is 12.7 Å². The molecule has 6 nitrogen and oxygen atoms in total. The zero-order valence-corrected chi connectivity index (χ0v) is 20.1. The number of halogens is 1. The molecule has 1 aliphatic carbocycles. The van der Waals surface area contributed by atoms with Gasteiger partial charge >= 0.3 is 0 Å². The molecule has 0 aromatic heterocycles. The Morgan fingerprint density at radius 3 is 2.61 bits per heavy atom. The number of carbonyl (C=O) groups is 2. The highest BCUT2D eigenvalue weighted by molar-refractivity contribution is 6.20. The maximum atomic E-state index is 13.2. The monoisotopic (exact) mass is 453 g/mol. The molecule has 2 aliphatic heterocycles. The lowest BCUT2D eigenvalue weighted by Crippen LogP contribution is -2.56. The van der Waals surface area contributed by atoms with E-state index in [0.717, 1.165) is 45.4 Å². The van der Waals surface area contributed by atoms with Gasteiger partial charge in [-0.2, -0.15) is 0 Å². The summed E-state index contributed by atoms with van der Waals surface area (Å²) in [5, 5.41) is 6.09. The summed E-state index contributed by atoms with van der Waals surface area (Å²) in [5.74, 6) is 0.226. The number of nitrogens with one attached hydrogen (secondary N) is 2. The second-order valence-corrected chi connectivity index (χ2v) is 10.5. The van der Waals surface area contributed by atoms with E-state index in [-0.39, 0.29) is 52.9 Å². The fourth-order valence-corrected chi connectivity index (χ4v) is 6.23. The molecule has 0 aromatic carbocycles. The number of ether oxygens (including phenoxy) is 1. The van der Waals surface area contributed by atoms with Gasteiger partial charge in [0.25, 0.3) is 0 Å². The molecule has 31 heavy (non-hydrogen) atoms. The molecule has 2 N–H and O–H groups in total. The average molecular weight is 454 g/mol. The molecule has 2 amide bonds. The summed E-state index contributed by atoms with van der Waals surface area (Å²) >= 11 is 6.69. The Labute approximate surface area is 192 Å². The molecule has 3 fully saturated rings. The van der Waals surface area contributed by atoms with E-state index in [9.17, 15) is 9.59 Å². The molecule has 7 atom stereocenters. The number of hydrogen-bond acceptors (Lipinski definition) is 4. The highest BCUT2D eigenvalue weighted by Crippen LogP contribution is 2.38. The third kappa shape index (κ3) is 6.02. The topological polar surface area (TPSA) is 70.7 Å². The molecule has 2 heterocycles. The highest BCUT2D eigenvalue weighted by Gasteiger charge is 2.43. The van der Waals surface area contributed by atoms with Gasteiger partial charge < -0.3 is 15.4 Å². The van der Waals surface area contributed by atoms with E-state index in [4.69, 9.17) is 16.3 Å². The van der Waals surface area contributed by atoms with Gasteiger partial charge in [0.15, 0.2) is 0 Å². The molecular formula is C24H40ClN3O3. The minimum Gasteiger partial charge on any atom is -0.381 e. The molecule has 1 saturated carbocycles. The predicted molar refractivity (Wildman–Crippen MR) is 124 cm³/mol. The van der Waals surface area contributed by atoms with Crippen molar-refractivity contribution in [2.75, 3.05) is 26.3 Å².